The van der Waals surface area contributed by atoms with Crippen molar-refractivity contribution < 1.29 is 93.4 Å². The second-order valence-electron chi connectivity index (χ2n) is 34.5. The fraction of sp³-hybridized carbons (Fsp3) is 0.848. The zero-order valence-corrected chi connectivity index (χ0v) is 68.3. The highest BCUT2D eigenvalue weighted by Crippen LogP contribution is 2.46. The summed E-state index contributed by atoms with van der Waals surface area (Å²) in [6.07, 6.45) is -7.67. The van der Waals surface area contributed by atoms with Crippen LogP contribution in [0, 0.1) is 53.3 Å². The lowest BCUT2D eigenvalue weighted by atomic mass is 9.74. The van der Waals surface area contributed by atoms with Crippen LogP contribution >= 0.6 is 11.6 Å². The molecule has 5 heterocycles. The van der Waals surface area contributed by atoms with Crippen molar-refractivity contribution in [2.24, 2.45) is 53.3 Å². The summed E-state index contributed by atoms with van der Waals surface area (Å²) in [6, 6.07) is -11.9. The number of ether oxygens (including phenoxy) is 2. The summed E-state index contributed by atoms with van der Waals surface area (Å²) in [4.78, 5) is 196. The molecule has 112 heavy (non-hydrogen) atoms. The Morgan fingerprint density at radius 2 is 1.27 bits per heavy atom. The van der Waals surface area contributed by atoms with Gasteiger partial charge in [0.25, 0.3) is 0 Å². The van der Waals surface area contributed by atoms with Crippen LogP contribution < -0.4 is 16.0 Å². The van der Waals surface area contributed by atoms with Gasteiger partial charge in [-0.15, -0.1) is 11.6 Å². The minimum atomic E-state index is -4.57. The maximum Gasteiger partial charge on any atom is 0.393 e. The summed E-state index contributed by atoms with van der Waals surface area (Å²) in [7, 11) is 7.03. The van der Waals surface area contributed by atoms with Gasteiger partial charge in [0.1, 0.15) is 59.9 Å². The van der Waals surface area contributed by atoms with Gasteiger partial charge in [-0.05, 0) is 164 Å². The number of carbonyl (C=O) groups excluding carboxylic acids is 12. The van der Waals surface area contributed by atoms with Crippen molar-refractivity contribution in [2.75, 3.05) is 94.3 Å². The minimum Gasteiger partial charge on any atom is -0.378 e. The Balaban J connectivity index is 1.12. The molecule has 4 aliphatic carbocycles. The predicted octanol–water partition coefficient (Wildman–Crippen LogP) is 6.91. The molecule has 2 bridgehead atoms. The van der Waals surface area contributed by atoms with E-state index in [1.807, 2.05) is 34.6 Å². The smallest absolute Gasteiger partial charge is 0.378 e. The molecule has 0 aromatic heterocycles. The molecule has 9 rings (SSSR count). The Bertz CT molecular complexity index is 3370. The standard InChI is InChI=1S/C79H123ClF6N12O14/c1-13-46(5)65-74(108)96-31-28-57(96)71(105)92(10)60-37-47(6)48(7)42-97(73(60)107)62(39-50-20-24-52(25-21-50)78(81,82)83)70(104)90(8)44-63(99)87-56(27-23-49-22-26-54(55(80)38-49)79(84,85)86)69(103)98-43-53(112-14-2)40-59(98)68(102)89-77(29-17-30-77)76(110)94(12)66(51-18-15-16-19-51)75(109)93(11)61(72(106)95-32-34-111-35-33-95)41-64(100)91(9)58(36-45(3)4)67(101)88-65/h45-62,65-66H,13-44H2,1-12H3,(H,87,99)(H,88,101)(H,89,102)/t46-,47+,48-,49?,50?,52?,53+,54?,55?,56-,57-,58-,59-,60-,61-,62-,65-,66-/m0/s1. The Kier molecular flexibility index (Phi) is 30.3. The van der Waals surface area contributed by atoms with E-state index in [4.69, 9.17) is 21.1 Å². The van der Waals surface area contributed by atoms with E-state index in [0.29, 0.717) is 38.5 Å². The number of carbonyl (C=O) groups is 12. The van der Waals surface area contributed by atoms with E-state index in [1.165, 1.54) is 74.4 Å². The summed E-state index contributed by atoms with van der Waals surface area (Å²) in [5, 5.41) is 7.47. The number of nitrogens with one attached hydrogen (secondary N) is 3. The molecular weight excluding hydrogens is 1490 g/mol. The maximum absolute atomic E-state index is 15.8. The third-order valence-corrected chi connectivity index (χ3v) is 27.1. The summed E-state index contributed by atoms with van der Waals surface area (Å²) in [6.45, 7) is 12.6. The van der Waals surface area contributed by atoms with Gasteiger partial charge in [-0.1, -0.05) is 60.8 Å². The van der Waals surface area contributed by atoms with Gasteiger partial charge in [-0.3, -0.25) is 57.5 Å². The number of morpholine rings is 1. The summed E-state index contributed by atoms with van der Waals surface area (Å²) < 4.78 is 97.0. The first-order valence-electron chi connectivity index (χ1n) is 41.1. The number of halogens is 7. The Labute approximate surface area is 660 Å². The SMILES string of the molecule is CCO[C@@H]1C[C@H]2C(=O)NC3(CCC3)C(=O)N(C)[C@@H](C3CCCC3)C(=O)N(C)[C@H](C(=O)N3CCOCC3)CC(=O)N(C)[C@@H](CC(C)C)C(=O)N[C@@H]([C@@H](C)CC)C(=O)N3CC[C@H]3C(=O)N(C)[C@H]3C[C@@H](C)[C@@H](C)CN(C3=O)[C@@H](CC3CCC(C(F)(F)F)CC3)C(=O)N(C)CC(=O)N[C@@H](CCC3CCC(C(F)(F)F)C(Cl)C3)C(=O)N2C1. The normalized spacial score (nSPS) is 33.6. The Morgan fingerprint density at radius 1 is 0.616 bits per heavy atom. The van der Waals surface area contributed by atoms with Gasteiger partial charge in [0.05, 0.1) is 44.1 Å². The zero-order chi connectivity index (χ0) is 82.3. The first kappa shape index (κ1) is 89.4. The number of fused-ring (bicyclic) bond motifs is 4. The van der Waals surface area contributed by atoms with Gasteiger partial charge >= 0.3 is 12.4 Å². The molecule has 632 valence electrons. The number of rotatable bonds is 13. The molecule has 9 fully saturated rings. The van der Waals surface area contributed by atoms with Crippen molar-refractivity contribution in [1.29, 1.82) is 0 Å². The van der Waals surface area contributed by atoms with E-state index in [2.05, 4.69) is 16.0 Å². The summed E-state index contributed by atoms with van der Waals surface area (Å²) >= 11 is 6.46. The molecule has 0 aromatic rings. The molecule has 0 radical (unpaired) electrons. The molecule has 9 aliphatic rings. The molecule has 12 amide bonds. The van der Waals surface area contributed by atoms with Crippen LogP contribution in [-0.2, 0) is 67.0 Å². The third-order valence-electron chi connectivity index (χ3n) is 26.6. The van der Waals surface area contributed by atoms with Gasteiger partial charge < -0.3 is 69.5 Å². The number of hydrogen-bond donors (Lipinski definition) is 3. The van der Waals surface area contributed by atoms with Crippen LogP contribution in [0.1, 0.15) is 196 Å². The Morgan fingerprint density at radius 3 is 1.84 bits per heavy atom. The number of amides is 12. The van der Waals surface area contributed by atoms with Gasteiger partial charge in [-0.2, -0.15) is 26.3 Å². The molecule has 16 atom stereocenters. The van der Waals surface area contributed by atoms with Crippen molar-refractivity contribution in [3.63, 3.8) is 0 Å². The lowest BCUT2D eigenvalue weighted by molar-refractivity contribution is -0.184. The van der Waals surface area contributed by atoms with Crippen LogP contribution in [0.25, 0.3) is 0 Å². The quantitative estimate of drug-likeness (QED) is 0.125. The fourth-order valence-electron chi connectivity index (χ4n) is 18.8. The van der Waals surface area contributed by atoms with E-state index in [0.717, 1.165) is 4.90 Å². The first-order valence-corrected chi connectivity index (χ1v) is 41.6. The molecule has 5 saturated heterocycles. The van der Waals surface area contributed by atoms with E-state index < -0.39 is 203 Å². The predicted molar refractivity (Wildman–Crippen MR) is 401 cm³/mol. The number of likely N-dealkylation sites (N-methyl/N-ethyl adjacent to an activating group) is 5. The largest absolute Gasteiger partial charge is 0.393 e. The van der Waals surface area contributed by atoms with Crippen LogP contribution in [-0.4, -0.2) is 293 Å². The van der Waals surface area contributed by atoms with Crippen molar-refractivity contribution >= 4 is 82.5 Å². The van der Waals surface area contributed by atoms with Crippen molar-refractivity contribution in [2.45, 2.75) is 280 Å². The van der Waals surface area contributed by atoms with Gasteiger partial charge in [0.2, 0.25) is 70.9 Å². The zero-order valence-electron chi connectivity index (χ0n) is 67.6. The van der Waals surface area contributed by atoms with Gasteiger partial charge in [-0.25, -0.2) is 0 Å². The van der Waals surface area contributed by atoms with E-state index >= 15 is 52.7 Å². The number of nitrogens with zero attached hydrogens (tertiary/aromatic N) is 9. The van der Waals surface area contributed by atoms with Crippen LogP contribution in [0.4, 0.5) is 26.3 Å². The second-order valence-corrected chi connectivity index (χ2v) is 35.1. The van der Waals surface area contributed by atoms with E-state index in [1.54, 1.807) is 13.8 Å². The summed E-state index contributed by atoms with van der Waals surface area (Å²) in [5.41, 5.74) is -1.64. The van der Waals surface area contributed by atoms with Gasteiger partial charge in [0, 0.05) is 86.4 Å². The van der Waals surface area contributed by atoms with E-state index in [9.17, 15) is 31.1 Å². The molecule has 33 heteroatoms. The molecule has 3 unspecified atom stereocenters. The van der Waals surface area contributed by atoms with Crippen molar-refractivity contribution in [1.82, 2.24) is 60.0 Å². The maximum atomic E-state index is 15.8. The second kappa shape index (κ2) is 38.0. The highest BCUT2D eigenvalue weighted by atomic mass is 35.5. The molecule has 4 saturated carbocycles. The van der Waals surface area contributed by atoms with E-state index in [-0.39, 0.29) is 173 Å². The molecule has 0 aromatic carbocycles. The minimum absolute atomic E-state index is 0.0446. The molecule has 1 spiro atoms. The monoisotopic (exact) mass is 1610 g/mol. The third kappa shape index (κ3) is 20.6. The van der Waals surface area contributed by atoms with Gasteiger partial charge in [0.15, 0.2) is 0 Å². The van der Waals surface area contributed by atoms with Crippen molar-refractivity contribution in [3.8, 4) is 0 Å². The van der Waals surface area contributed by atoms with Crippen LogP contribution in [0.15, 0.2) is 0 Å². The average molecular weight is 1610 g/mol. The average Bonchev–Trinajstić information content (AvgIpc) is 1.25. The topological polar surface area (TPSA) is 289 Å². The lowest BCUT2D eigenvalue weighted by Crippen LogP contribution is -2.68. The van der Waals surface area contributed by atoms with Crippen LogP contribution in [0.3, 0.4) is 0 Å². The highest BCUT2D eigenvalue weighted by molar-refractivity contribution is 6.21. The Hall–Kier alpha value is -6.57. The highest BCUT2D eigenvalue weighted by Gasteiger charge is 2.56. The molecule has 5 aliphatic heterocycles. The number of hydrogen-bond acceptors (Lipinski definition) is 14. The summed E-state index contributed by atoms with van der Waals surface area (Å²) in [5.74, 6) is -14.6. The van der Waals surface area contributed by atoms with Crippen molar-refractivity contribution in [3.05, 3.63) is 0 Å². The van der Waals surface area contributed by atoms with Crippen LogP contribution in [0.2, 0.25) is 0 Å². The lowest BCUT2D eigenvalue weighted by Gasteiger charge is -2.47. The first-order chi connectivity index (χ1) is 52.7. The fourth-order valence-corrected chi connectivity index (χ4v) is 19.3. The van der Waals surface area contributed by atoms with Crippen LogP contribution in [0.5, 0.6) is 0 Å². The molecule has 26 nitrogen and oxygen atoms in total. The number of alkyl halides is 7. The molecule has 3 N–H and O–H groups in total. The molecular formula is C79H123ClF6N12O14.